The van der Waals surface area contributed by atoms with Crippen LogP contribution in [0, 0.1) is 0 Å². The molecule has 0 saturated carbocycles. The number of nitrogens with zero attached hydrogens (tertiary/aromatic N) is 3. The van der Waals surface area contributed by atoms with Crippen LogP contribution in [0.4, 0.5) is 0 Å². The van der Waals surface area contributed by atoms with Gasteiger partial charge in [-0.05, 0) is 52.3 Å². The fourth-order valence-electron chi connectivity index (χ4n) is 2.15. The maximum atomic E-state index is 12.5. The second-order valence-electron chi connectivity index (χ2n) is 4.88. The van der Waals surface area contributed by atoms with Crippen LogP contribution in [0.2, 0.25) is 0 Å². The summed E-state index contributed by atoms with van der Waals surface area (Å²) in [5.74, 6) is 0.0155. The van der Waals surface area contributed by atoms with Crippen molar-refractivity contribution in [2.45, 2.75) is 6.54 Å². The lowest BCUT2D eigenvalue weighted by Crippen LogP contribution is -2.25. The van der Waals surface area contributed by atoms with Gasteiger partial charge in [-0.25, -0.2) is 4.98 Å². The summed E-state index contributed by atoms with van der Waals surface area (Å²) in [7, 11) is 1.82. The topological polar surface area (TPSA) is 38.1 Å². The molecule has 2 aromatic heterocycles. The Morgan fingerprint density at radius 1 is 1.27 bits per heavy atom. The largest absolute Gasteiger partial charge is 0.337 e. The summed E-state index contributed by atoms with van der Waals surface area (Å²) in [6, 6.07) is 11.6. The Kier molecular flexibility index (Phi) is 4.40. The summed E-state index contributed by atoms with van der Waals surface area (Å²) in [4.78, 5) is 19.3. The molecular formula is C16H14BrN3OS. The van der Waals surface area contributed by atoms with Crippen LogP contribution in [0.15, 0.2) is 58.9 Å². The van der Waals surface area contributed by atoms with E-state index in [0.29, 0.717) is 12.1 Å². The van der Waals surface area contributed by atoms with E-state index >= 15 is 0 Å². The van der Waals surface area contributed by atoms with Crippen LogP contribution in [0.3, 0.4) is 0 Å². The van der Waals surface area contributed by atoms with Crippen LogP contribution < -0.4 is 0 Å². The van der Waals surface area contributed by atoms with Crippen molar-refractivity contribution in [1.29, 1.82) is 0 Å². The molecule has 0 atom stereocenters. The van der Waals surface area contributed by atoms with Gasteiger partial charge in [0.15, 0.2) is 0 Å². The summed E-state index contributed by atoms with van der Waals surface area (Å²) in [5, 5.41) is 0. The molecule has 3 aromatic rings. The molecule has 4 nitrogen and oxygen atoms in total. The number of rotatable bonds is 4. The number of hydrogen-bond acceptors (Lipinski definition) is 3. The number of hydrogen-bond donors (Lipinski definition) is 0. The minimum atomic E-state index is 0.0155. The summed E-state index contributed by atoms with van der Waals surface area (Å²) >= 11 is 5.08. The molecule has 3 rings (SSSR count). The first-order valence-electron chi connectivity index (χ1n) is 6.71. The third-order valence-corrected chi connectivity index (χ3v) is 4.89. The molecule has 22 heavy (non-hydrogen) atoms. The Hall–Kier alpha value is -1.92. The van der Waals surface area contributed by atoms with E-state index in [2.05, 4.69) is 20.9 Å². The van der Waals surface area contributed by atoms with Crippen molar-refractivity contribution in [3.05, 3.63) is 69.3 Å². The predicted molar refractivity (Wildman–Crippen MR) is 91.4 cm³/mol. The summed E-state index contributed by atoms with van der Waals surface area (Å²) < 4.78 is 2.98. The fourth-order valence-corrected chi connectivity index (χ4v) is 3.69. The standard InChI is InChI=1S/C16H14BrN3OS/c1-19(10-14-6-7-15(17)22-14)16(21)12-2-4-13(5-3-12)20-9-8-18-11-20/h2-9,11H,10H2,1H3. The highest BCUT2D eigenvalue weighted by Gasteiger charge is 2.13. The Morgan fingerprint density at radius 3 is 2.64 bits per heavy atom. The number of amides is 1. The van der Waals surface area contributed by atoms with E-state index in [1.54, 1.807) is 28.8 Å². The van der Waals surface area contributed by atoms with Crippen molar-refractivity contribution < 1.29 is 4.79 Å². The Balaban J connectivity index is 1.71. The number of carbonyl (C=O) groups is 1. The van der Waals surface area contributed by atoms with Crippen molar-refractivity contribution in [1.82, 2.24) is 14.5 Å². The highest BCUT2D eigenvalue weighted by atomic mass is 79.9. The molecule has 1 aromatic carbocycles. The molecule has 0 unspecified atom stereocenters. The molecule has 0 aliphatic heterocycles. The van der Waals surface area contributed by atoms with Crippen molar-refractivity contribution in [2.75, 3.05) is 7.05 Å². The summed E-state index contributed by atoms with van der Waals surface area (Å²) in [5.41, 5.74) is 1.67. The van der Waals surface area contributed by atoms with Crippen molar-refractivity contribution in [2.24, 2.45) is 0 Å². The summed E-state index contributed by atoms with van der Waals surface area (Å²) in [6.07, 6.45) is 5.33. The van der Waals surface area contributed by atoms with Gasteiger partial charge in [-0.3, -0.25) is 4.79 Å². The molecular weight excluding hydrogens is 362 g/mol. The molecule has 0 aliphatic carbocycles. The Bertz CT molecular complexity index is 765. The first-order chi connectivity index (χ1) is 10.6. The van der Waals surface area contributed by atoms with Gasteiger partial charge in [0.1, 0.15) is 0 Å². The van der Waals surface area contributed by atoms with Crippen LogP contribution in [-0.2, 0) is 6.54 Å². The molecule has 112 valence electrons. The van der Waals surface area contributed by atoms with Gasteiger partial charge in [0, 0.05) is 35.6 Å². The van der Waals surface area contributed by atoms with Crippen LogP contribution in [0.25, 0.3) is 5.69 Å². The second-order valence-corrected chi connectivity index (χ2v) is 7.43. The Morgan fingerprint density at radius 2 is 2.05 bits per heavy atom. The minimum absolute atomic E-state index is 0.0155. The molecule has 0 radical (unpaired) electrons. The van der Waals surface area contributed by atoms with Crippen LogP contribution >= 0.6 is 27.3 Å². The molecule has 0 spiro atoms. The van der Waals surface area contributed by atoms with Gasteiger partial charge in [0.2, 0.25) is 0 Å². The first kappa shape index (κ1) is 15.0. The molecule has 0 N–H and O–H groups in total. The number of aromatic nitrogens is 2. The maximum absolute atomic E-state index is 12.5. The predicted octanol–water partition coefficient (Wildman–Crippen LogP) is 3.97. The van der Waals surface area contributed by atoms with E-state index in [1.807, 2.05) is 54.2 Å². The molecule has 2 heterocycles. The molecule has 0 saturated heterocycles. The van der Waals surface area contributed by atoms with Gasteiger partial charge >= 0.3 is 0 Å². The molecule has 1 amide bonds. The maximum Gasteiger partial charge on any atom is 0.253 e. The van der Waals surface area contributed by atoms with E-state index in [-0.39, 0.29) is 5.91 Å². The minimum Gasteiger partial charge on any atom is -0.337 e. The van der Waals surface area contributed by atoms with E-state index in [0.717, 1.165) is 14.4 Å². The lowest BCUT2D eigenvalue weighted by Gasteiger charge is -2.16. The number of thiophene rings is 1. The number of carbonyl (C=O) groups excluding carboxylic acids is 1. The van der Waals surface area contributed by atoms with E-state index in [4.69, 9.17) is 0 Å². The lowest BCUT2D eigenvalue weighted by atomic mass is 10.2. The lowest BCUT2D eigenvalue weighted by molar-refractivity contribution is 0.0786. The molecule has 0 aliphatic rings. The third-order valence-electron chi connectivity index (χ3n) is 3.29. The van der Waals surface area contributed by atoms with E-state index in [1.165, 1.54) is 0 Å². The third kappa shape index (κ3) is 3.28. The zero-order valence-electron chi connectivity index (χ0n) is 11.9. The normalized spacial score (nSPS) is 10.6. The van der Waals surface area contributed by atoms with E-state index < -0.39 is 0 Å². The zero-order chi connectivity index (χ0) is 15.5. The first-order valence-corrected chi connectivity index (χ1v) is 8.32. The van der Waals surface area contributed by atoms with Crippen molar-refractivity contribution in [3.63, 3.8) is 0 Å². The molecule has 6 heteroatoms. The number of imidazole rings is 1. The van der Waals surface area contributed by atoms with Gasteiger partial charge in [-0.1, -0.05) is 0 Å². The van der Waals surface area contributed by atoms with Gasteiger partial charge in [0.25, 0.3) is 5.91 Å². The van der Waals surface area contributed by atoms with Crippen molar-refractivity contribution in [3.8, 4) is 5.69 Å². The van der Waals surface area contributed by atoms with Gasteiger partial charge < -0.3 is 9.47 Å². The summed E-state index contributed by atoms with van der Waals surface area (Å²) in [6.45, 7) is 0.609. The van der Waals surface area contributed by atoms with Crippen LogP contribution in [0.5, 0.6) is 0 Å². The highest BCUT2D eigenvalue weighted by Crippen LogP contribution is 2.23. The SMILES string of the molecule is CN(Cc1ccc(Br)s1)C(=O)c1ccc(-n2ccnc2)cc1. The van der Waals surface area contributed by atoms with Crippen LogP contribution in [-0.4, -0.2) is 27.4 Å². The Labute approximate surface area is 141 Å². The van der Waals surface area contributed by atoms with E-state index in [9.17, 15) is 4.79 Å². The smallest absolute Gasteiger partial charge is 0.253 e. The fraction of sp³-hybridized carbons (Fsp3) is 0.125. The monoisotopic (exact) mass is 375 g/mol. The number of halogens is 1. The second kappa shape index (κ2) is 6.46. The molecule has 0 bridgehead atoms. The average Bonchev–Trinajstić information content (AvgIpc) is 3.18. The van der Waals surface area contributed by atoms with Crippen molar-refractivity contribution >= 4 is 33.2 Å². The number of benzene rings is 1. The van der Waals surface area contributed by atoms with Gasteiger partial charge in [-0.15, -0.1) is 11.3 Å². The zero-order valence-corrected chi connectivity index (χ0v) is 14.3. The van der Waals surface area contributed by atoms with Gasteiger partial charge in [-0.2, -0.15) is 0 Å². The average molecular weight is 376 g/mol. The van der Waals surface area contributed by atoms with Gasteiger partial charge in [0.05, 0.1) is 16.7 Å². The quantitative estimate of drug-likeness (QED) is 0.691. The van der Waals surface area contributed by atoms with Crippen LogP contribution in [0.1, 0.15) is 15.2 Å². The molecule has 0 fully saturated rings. The highest BCUT2D eigenvalue weighted by molar-refractivity contribution is 9.11.